The third kappa shape index (κ3) is 4.46. The summed E-state index contributed by atoms with van der Waals surface area (Å²) >= 11 is 0. The lowest BCUT2D eigenvalue weighted by Gasteiger charge is -2.37. The summed E-state index contributed by atoms with van der Waals surface area (Å²) in [5, 5.41) is 2.12. The Kier molecular flexibility index (Phi) is 6.34. The topological polar surface area (TPSA) is 115 Å². The zero-order valence-corrected chi connectivity index (χ0v) is 20.8. The third-order valence-electron chi connectivity index (χ3n) is 7.10. The Morgan fingerprint density at radius 2 is 1.82 bits per heavy atom. The molecule has 10 heteroatoms. The van der Waals surface area contributed by atoms with Crippen molar-refractivity contribution in [3.63, 3.8) is 0 Å². The van der Waals surface area contributed by atoms with Crippen LogP contribution in [0, 0.1) is 11.2 Å². The van der Waals surface area contributed by atoms with Gasteiger partial charge >= 0.3 is 6.03 Å². The number of rotatable bonds is 4. The second-order valence-corrected chi connectivity index (χ2v) is 10.0. The summed E-state index contributed by atoms with van der Waals surface area (Å²) in [6.07, 6.45) is -0.655. The van der Waals surface area contributed by atoms with E-state index in [-0.39, 0.29) is 24.1 Å². The number of nitrogens with one attached hydrogen (secondary N) is 1. The number of urea groups is 1. The molecule has 3 heterocycles. The van der Waals surface area contributed by atoms with Crippen molar-refractivity contribution in [2.24, 2.45) is 11.1 Å². The first-order valence-electron chi connectivity index (χ1n) is 12.2. The van der Waals surface area contributed by atoms with Gasteiger partial charge < -0.3 is 15.4 Å². The molecule has 0 aliphatic carbocycles. The predicted octanol–water partition coefficient (Wildman–Crippen LogP) is 4.53. The number of pyridine rings is 1. The van der Waals surface area contributed by atoms with Crippen LogP contribution in [0.3, 0.4) is 0 Å². The highest BCUT2D eigenvalue weighted by Crippen LogP contribution is 2.52. The maximum absolute atomic E-state index is 14.8. The molecule has 3 N–H and O–H groups in total. The molecule has 0 saturated carbocycles. The normalized spacial score (nSPS) is 18.3. The Hall–Kier alpha value is -4.34. The summed E-state index contributed by atoms with van der Waals surface area (Å²) in [6, 6.07) is 13.7. The van der Waals surface area contributed by atoms with Gasteiger partial charge in [-0.1, -0.05) is 44.2 Å². The van der Waals surface area contributed by atoms with Crippen LogP contribution in [0.25, 0.3) is 11.3 Å². The van der Waals surface area contributed by atoms with Gasteiger partial charge in [-0.05, 0) is 30.7 Å². The van der Waals surface area contributed by atoms with Crippen molar-refractivity contribution in [2.75, 3.05) is 13.1 Å². The van der Waals surface area contributed by atoms with Crippen LogP contribution in [0.1, 0.15) is 47.7 Å². The molecule has 4 amide bonds. The van der Waals surface area contributed by atoms with Crippen molar-refractivity contribution >= 4 is 17.8 Å². The maximum Gasteiger partial charge on any atom is 0.318 e. The number of imide groups is 1. The standard InChI is InChI=1S/C28H26F2N4O4/c1-28(2,26(36)33-27(31)37)22-18-4-3-5-20(30)23(18)38-24-19(22)10-11-21(32-24)15-6-8-16(9-7-15)25(35)34-13-12-17(29)14-34/h3-11,17,22H,12-14H2,1-2H3,(H3,31,33,36,37)/t17-,22-/m0/s1. The Morgan fingerprint density at radius 3 is 2.47 bits per heavy atom. The van der Waals surface area contributed by atoms with E-state index in [2.05, 4.69) is 10.3 Å². The number of carbonyl (C=O) groups excluding carboxylic acids is 3. The van der Waals surface area contributed by atoms with Crippen LogP contribution in [0.4, 0.5) is 13.6 Å². The monoisotopic (exact) mass is 520 g/mol. The van der Waals surface area contributed by atoms with Crippen molar-refractivity contribution in [1.82, 2.24) is 15.2 Å². The predicted molar refractivity (Wildman–Crippen MR) is 135 cm³/mol. The van der Waals surface area contributed by atoms with Crippen molar-refractivity contribution < 1.29 is 27.9 Å². The Balaban J connectivity index is 1.50. The van der Waals surface area contributed by atoms with Crippen molar-refractivity contribution in [2.45, 2.75) is 32.4 Å². The number of amides is 4. The number of primary amides is 1. The Morgan fingerprint density at radius 1 is 1.08 bits per heavy atom. The molecule has 0 bridgehead atoms. The summed E-state index contributed by atoms with van der Waals surface area (Å²) in [5.41, 5.74) is 6.56. The number of carbonyl (C=O) groups is 3. The smallest absolute Gasteiger partial charge is 0.318 e. The minimum absolute atomic E-state index is 0.0488. The number of likely N-dealkylation sites (tertiary alicyclic amines) is 1. The highest BCUT2D eigenvalue weighted by molar-refractivity contribution is 5.97. The van der Waals surface area contributed by atoms with E-state index in [1.54, 1.807) is 56.3 Å². The summed E-state index contributed by atoms with van der Waals surface area (Å²) in [6.45, 7) is 3.75. The molecule has 2 aliphatic heterocycles. The molecule has 0 spiro atoms. The minimum Gasteiger partial charge on any atom is -0.435 e. The average molecular weight is 521 g/mol. The minimum atomic E-state index is -1.23. The van der Waals surface area contributed by atoms with Gasteiger partial charge in [-0.25, -0.2) is 18.6 Å². The lowest BCUT2D eigenvalue weighted by Crippen LogP contribution is -2.46. The average Bonchev–Trinajstić information content (AvgIpc) is 3.33. The van der Waals surface area contributed by atoms with E-state index >= 15 is 0 Å². The van der Waals surface area contributed by atoms with Gasteiger partial charge in [0.25, 0.3) is 5.91 Å². The molecule has 2 aromatic carbocycles. The number of nitrogens with zero attached hydrogens (tertiary/aromatic N) is 2. The maximum atomic E-state index is 14.8. The van der Waals surface area contributed by atoms with Gasteiger partial charge in [0.2, 0.25) is 11.8 Å². The zero-order valence-electron chi connectivity index (χ0n) is 20.8. The number of ether oxygens (including phenoxy) is 1. The lowest BCUT2D eigenvalue weighted by atomic mass is 9.69. The first kappa shape index (κ1) is 25.3. The van der Waals surface area contributed by atoms with Crippen LogP contribution in [0.15, 0.2) is 54.6 Å². The number of hydrogen-bond acceptors (Lipinski definition) is 5. The van der Waals surface area contributed by atoms with Gasteiger partial charge in [0.1, 0.15) is 6.17 Å². The fourth-order valence-corrected chi connectivity index (χ4v) is 5.09. The number of alkyl halides is 1. The first-order chi connectivity index (χ1) is 18.1. The number of halogens is 2. The van der Waals surface area contributed by atoms with Gasteiger partial charge in [-0.2, -0.15) is 0 Å². The van der Waals surface area contributed by atoms with Crippen molar-refractivity contribution in [1.29, 1.82) is 0 Å². The van der Waals surface area contributed by atoms with Gasteiger partial charge in [-0.15, -0.1) is 0 Å². The summed E-state index contributed by atoms with van der Waals surface area (Å²) in [5.74, 6) is -2.10. The van der Waals surface area contributed by atoms with Crippen LogP contribution in [-0.2, 0) is 4.79 Å². The highest BCUT2D eigenvalue weighted by atomic mass is 19.1. The second-order valence-electron chi connectivity index (χ2n) is 10.0. The molecule has 0 unspecified atom stereocenters. The van der Waals surface area contributed by atoms with Gasteiger partial charge in [0.15, 0.2) is 11.6 Å². The van der Waals surface area contributed by atoms with Gasteiger partial charge in [0, 0.05) is 34.7 Å². The van der Waals surface area contributed by atoms with Crippen LogP contribution >= 0.6 is 0 Å². The number of aromatic nitrogens is 1. The van der Waals surface area contributed by atoms with E-state index in [1.807, 2.05) is 0 Å². The molecular formula is C28H26F2N4O4. The molecule has 2 aliphatic rings. The molecule has 3 aromatic rings. The number of fused-ring (bicyclic) bond motifs is 2. The fraction of sp³-hybridized carbons (Fsp3) is 0.286. The van der Waals surface area contributed by atoms with Crippen LogP contribution in [0.2, 0.25) is 0 Å². The highest BCUT2D eigenvalue weighted by Gasteiger charge is 2.45. The second kappa shape index (κ2) is 9.51. The van der Waals surface area contributed by atoms with E-state index < -0.39 is 35.3 Å². The van der Waals surface area contributed by atoms with Crippen LogP contribution < -0.4 is 15.8 Å². The van der Waals surface area contributed by atoms with E-state index in [9.17, 15) is 23.2 Å². The number of benzene rings is 2. The number of hydrogen-bond donors (Lipinski definition) is 2. The molecule has 2 atom stereocenters. The first-order valence-corrected chi connectivity index (χ1v) is 12.2. The molecular weight excluding hydrogens is 494 g/mol. The summed E-state index contributed by atoms with van der Waals surface area (Å²) < 4.78 is 34.2. The van der Waals surface area contributed by atoms with E-state index in [4.69, 9.17) is 10.5 Å². The quantitative estimate of drug-likeness (QED) is 0.525. The zero-order chi connectivity index (χ0) is 27.2. The third-order valence-corrected chi connectivity index (χ3v) is 7.10. The Labute approximate surface area is 217 Å². The van der Waals surface area contributed by atoms with Crippen molar-refractivity contribution in [3.05, 3.63) is 77.1 Å². The molecule has 8 nitrogen and oxygen atoms in total. The summed E-state index contributed by atoms with van der Waals surface area (Å²) in [7, 11) is 0. The molecule has 1 aromatic heterocycles. The van der Waals surface area contributed by atoms with E-state index in [1.165, 1.54) is 17.0 Å². The molecule has 5 rings (SSSR count). The van der Waals surface area contributed by atoms with Crippen LogP contribution in [-0.4, -0.2) is 47.0 Å². The molecule has 196 valence electrons. The molecule has 38 heavy (non-hydrogen) atoms. The number of nitrogens with two attached hydrogens (primary N) is 1. The van der Waals surface area contributed by atoms with E-state index in [0.29, 0.717) is 40.9 Å². The van der Waals surface area contributed by atoms with E-state index in [0.717, 1.165) is 0 Å². The molecule has 1 fully saturated rings. The molecule has 1 saturated heterocycles. The van der Waals surface area contributed by atoms with Crippen LogP contribution in [0.5, 0.6) is 11.6 Å². The van der Waals surface area contributed by atoms with Gasteiger partial charge in [0.05, 0.1) is 17.7 Å². The SMILES string of the molecule is CC(C)(C(=O)NC(N)=O)[C@@H]1c2ccc(-c3ccc(C(=O)N4CC[C@H](F)C4)cc3)nc2Oc2c(F)cccc21. The van der Waals surface area contributed by atoms with Crippen molar-refractivity contribution in [3.8, 4) is 22.9 Å². The van der Waals surface area contributed by atoms with Gasteiger partial charge in [-0.3, -0.25) is 14.9 Å². The Bertz CT molecular complexity index is 1440. The lowest BCUT2D eigenvalue weighted by molar-refractivity contribution is -0.128. The molecule has 0 radical (unpaired) electrons. The number of para-hydroxylation sites is 1. The summed E-state index contributed by atoms with van der Waals surface area (Å²) in [4.78, 5) is 43.1. The fourth-order valence-electron chi connectivity index (χ4n) is 5.09. The largest absolute Gasteiger partial charge is 0.435 e.